The van der Waals surface area contributed by atoms with Crippen LogP contribution in [0, 0.1) is 0 Å². The van der Waals surface area contributed by atoms with Crippen LogP contribution in [0.5, 0.6) is 0 Å². The van der Waals surface area contributed by atoms with E-state index in [1.54, 1.807) is 0 Å². The number of carbonyl (C=O) groups excluding carboxylic acids is 1. The van der Waals surface area contributed by atoms with Crippen LogP contribution in [-0.2, 0) is 0 Å². The van der Waals surface area contributed by atoms with Crippen molar-refractivity contribution in [2.75, 3.05) is 20.1 Å². The van der Waals surface area contributed by atoms with Crippen molar-refractivity contribution >= 4 is 16.8 Å². The van der Waals surface area contributed by atoms with Crippen molar-refractivity contribution in [3.05, 3.63) is 36.0 Å². The van der Waals surface area contributed by atoms with Gasteiger partial charge in [0.15, 0.2) is 0 Å². The highest BCUT2D eigenvalue weighted by Gasteiger charge is 2.31. The Kier molecular flexibility index (Phi) is 3.26. The Bertz CT molecular complexity index is 590. The molecule has 4 nitrogen and oxygen atoms in total. The summed E-state index contributed by atoms with van der Waals surface area (Å²) in [4.78, 5) is 17.7. The van der Waals surface area contributed by atoms with Gasteiger partial charge in [-0.2, -0.15) is 0 Å². The first kappa shape index (κ1) is 13.2. The summed E-state index contributed by atoms with van der Waals surface area (Å²) in [5.41, 5.74) is 1.88. The largest absolute Gasteiger partial charge is 0.351 e. The van der Waals surface area contributed by atoms with Gasteiger partial charge in [-0.25, -0.2) is 0 Å². The highest BCUT2D eigenvalue weighted by molar-refractivity contribution is 5.98. The van der Waals surface area contributed by atoms with E-state index in [0.717, 1.165) is 36.8 Å². The molecule has 1 aliphatic heterocycles. The molecule has 1 aliphatic rings. The van der Waals surface area contributed by atoms with Gasteiger partial charge in [-0.15, -0.1) is 0 Å². The van der Waals surface area contributed by atoms with Crippen LogP contribution in [0.15, 0.2) is 30.3 Å². The smallest absolute Gasteiger partial charge is 0.270 e. The van der Waals surface area contributed by atoms with E-state index in [0.29, 0.717) is 5.69 Å². The number of rotatable bonds is 2. The predicted molar refractivity (Wildman–Crippen MR) is 80.9 cm³/mol. The fourth-order valence-corrected chi connectivity index (χ4v) is 2.81. The molecule has 3 rings (SSSR count). The second kappa shape index (κ2) is 4.94. The van der Waals surface area contributed by atoms with E-state index in [2.05, 4.69) is 17.2 Å². The summed E-state index contributed by atoms with van der Waals surface area (Å²) in [6.45, 7) is 3.84. The van der Waals surface area contributed by atoms with Gasteiger partial charge in [-0.3, -0.25) is 4.79 Å². The van der Waals surface area contributed by atoms with Crippen LogP contribution < -0.4 is 5.32 Å². The fraction of sp³-hybridized carbons (Fsp3) is 0.438. The van der Waals surface area contributed by atoms with Gasteiger partial charge in [-0.1, -0.05) is 18.2 Å². The monoisotopic (exact) mass is 271 g/mol. The van der Waals surface area contributed by atoms with E-state index < -0.39 is 0 Å². The molecular formula is C16H21N3O. The number of hydrogen-bond donors (Lipinski definition) is 2. The standard InChI is InChI=1S/C16H21N3O/c1-16(17-2)7-9-19(10-8-16)15(20)14-11-12-5-3-4-6-13(12)18-14/h3-6,11,17-18H,7-10H2,1-2H3. The number of likely N-dealkylation sites (tertiary alicyclic amines) is 1. The average molecular weight is 271 g/mol. The number of nitrogens with zero attached hydrogens (tertiary/aromatic N) is 1. The Morgan fingerprint density at radius 1 is 1.30 bits per heavy atom. The Morgan fingerprint density at radius 2 is 2.00 bits per heavy atom. The fourth-order valence-electron chi connectivity index (χ4n) is 2.81. The summed E-state index contributed by atoms with van der Waals surface area (Å²) < 4.78 is 0. The molecule has 4 heteroatoms. The van der Waals surface area contributed by atoms with Gasteiger partial charge < -0.3 is 15.2 Å². The minimum atomic E-state index is 0.111. The van der Waals surface area contributed by atoms with E-state index in [4.69, 9.17) is 0 Å². The number of para-hydroxylation sites is 1. The molecule has 0 saturated carbocycles. The molecule has 0 radical (unpaired) electrons. The number of H-pyrrole nitrogens is 1. The SMILES string of the molecule is CNC1(C)CCN(C(=O)c2cc3ccccc3[nH]2)CC1. The van der Waals surface area contributed by atoms with Crippen molar-refractivity contribution in [2.24, 2.45) is 0 Å². The average Bonchev–Trinajstić information content (AvgIpc) is 2.91. The van der Waals surface area contributed by atoms with Gasteiger partial charge in [0.05, 0.1) is 0 Å². The van der Waals surface area contributed by atoms with Gasteiger partial charge in [0.1, 0.15) is 5.69 Å². The summed E-state index contributed by atoms with van der Waals surface area (Å²) in [6, 6.07) is 9.94. The highest BCUT2D eigenvalue weighted by atomic mass is 16.2. The van der Waals surface area contributed by atoms with Gasteiger partial charge in [0, 0.05) is 29.5 Å². The first-order chi connectivity index (χ1) is 9.61. The van der Waals surface area contributed by atoms with Crippen LogP contribution in [-0.4, -0.2) is 41.5 Å². The molecule has 1 amide bonds. The zero-order valence-electron chi connectivity index (χ0n) is 12.1. The third-order valence-electron chi connectivity index (χ3n) is 4.52. The highest BCUT2D eigenvalue weighted by Crippen LogP contribution is 2.23. The van der Waals surface area contributed by atoms with Crippen molar-refractivity contribution in [2.45, 2.75) is 25.3 Å². The molecule has 106 valence electrons. The number of nitrogens with one attached hydrogen (secondary N) is 2. The lowest BCUT2D eigenvalue weighted by molar-refractivity contribution is 0.0657. The lowest BCUT2D eigenvalue weighted by Crippen LogP contribution is -2.51. The van der Waals surface area contributed by atoms with E-state index in [1.807, 2.05) is 42.3 Å². The van der Waals surface area contributed by atoms with Crippen LogP contribution >= 0.6 is 0 Å². The van der Waals surface area contributed by atoms with Gasteiger partial charge in [0.25, 0.3) is 5.91 Å². The summed E-state index contributed by atoms with van der Waals surface area (Å²) in [6.07, 6.45) is 1.99. The number of carbonyl (C=O) groups is 1. The van der Waals surface area contributed by atoms with Crippen molar-refractivity contribution in [3.8, 4) is 0 Å². The first-order valence-electron chi connectivity index (χ1n) is 7.17. The second-order valence-electron chi connectivity index (χ2n) is 5.87. The van der Waals surface area contributed by atoms with E-state index >= 15 is 0 Å². The maximum Gasteiger partial charge on any atom is 0.270 e. The lowest BCUT2D eigenvalue weighted by Gasteiger charge is -2.39. The molecule has 1 aromatic carbocycles. The Morgan fingerprint density at radius 3 is 2.65 bits per heavy atom. The summed E-state index contributed by atoms with van der Waals surface area (Å²) in [5.74, 6) is 0.111. The molecule has 1 aromatic heterocycles. The molecule has 0 aliphatic carbocycles. The van der Waals surface area contributed by atoms with Gasteiger partial charge in [0.2, 0.25) is 0 Å². The molecule has 1 fully saturated rings. The first-order valence-corrected chi connectivity index (χ1v) is 7.17. The zero-order chi connectivity index (χ0) is 14.2. The van der Waals surface area contributed by atoms with Crippen molar-refractivity contribution in [1.29, 1.82) is 0 Å². The molecule has 20 heavy (non-hydrogen) atoms. The van der Waals surface area contributed by atoms with E-state index in [1.165, 1.54) is 0 Å². The predicted octanol–water partition coefficient (Wildman–Crippen LogP) is 2.38. The number of fused-ring (bicyclic) bond motifs is 1. The second-order valence-corrected chi connectivity index (χ2v) is 5.87. The Hall–Kier alpha value is -1.81. The topological polar surface area (TPSA) is 48.1 Å². The van der Waals surface area contributed by atoms with Crippen molar-refractivity contribution < 1.29 is 4.79 Å². The molecule has 2 N–H and O–H groups in total. The van der Waals surface area contributed by atoms with Crippen LogP contribution in [0.2, 0.25) is 0 Å². The van der Waals surface area contributed by atoms with Gasteiger partial charge >= 0.3 is 0 Å². The van der Waals surface area contributed by atoms with E-state index in [-0.39, 0.29) is 11.4 Å². The molecule has 0 atom stereocenters. The number of amides is 1. The minimum Gasteiger partial charge on any atom is -0.351 e. The molecule has 0 bridgehead atoms. The van der Waals surface area contributed by atoms with E-state index in [9.17, 15) is 4.79 Å². The zero-order valence-corrected chi connectivity index (χ0v) is 12.1. The van der Waals surface area contributed by atoms with Crippen LogP contribution in [0.3, 0.4) is 0 Å². The number of aromatic nitrogens is 1. The quantitative estimate of drug-likeness (QED) is 0.881. The molecular weight excluding hydrogens is 250 g/mol. The Labute approximate surface area is 119 Å². The summed E-state index contributed by atoms with van der Waals surface area (Å²) in [7, 11) is 2.00. The molecule has 0 spiro atoms. The van der Waals surface area contributed by atoms with Crippen LogP contribution in [0.4, 0.5) is 0 Å². The molecule has 2 aromatic rings. The maximum atomic E-state index is 12.5. The molecule has 0 unspecified atom stereocenters. The van der Waals surface area contributed by atoms with Crippen LogP contribution in [0.1, 0.15) is 30.3 Å². The van der Waals surface area contributed by atoms with Crippen molar-refractivity contribution in [3.63, 3.8) is 0 Å². The molecule has 2 heterocycles. The number of aromatic amines is 1. The van der Waals surface area contributed by atoms with Crippen LogP contribution in [0.25, 0.3) is 10.9 Å². The van der Waals surface area contributed by atoms with Crippen molar-refractivity contribution in [1.82, 2.24) is 15.2 Å². The minimum absolute atomic E-state index is 0.111. The number of piperidine rings is 1. The lowest BCUT2D eigenvalue weighted by atomic mass is 9.90. The maximum absolute atomic E-state index is 12.5. The summed E-state index contributed by atoms with van der Waals surface area (Å²) >= 11 is 0. The van der Waals surface area contributed by atoms with Gasteiger partial charge in [-0.05, 0) is 38.9 Å². The normalized spacial score (nSPS) is 18.4. The third-order valence-corrected chi connectivity index (χ3v) is 4.52. The Balaban J connectivity index is 1.76. The summed E-state index contributed by atoms with van der Waals surface area (Å²) in [5, 5.41) is 4.45. The number of benzene rings is 1. The third kappa shape index (κ3) is 2.31. The number of hydrogen-bond acceptors (Lipinski definition) is 2. The molecule has 1 saturated heterocycles.